The highest BCUT2D eigenvalue weighted by Crippen LogP contribution is 2.23. The molecule has 1 aromatic carbocycles. The van der Waals surface area contributed by atoms with Gasteiger partial charge in [-0.15, -0.1) is 11.3 Å². The van der Waals surface area contributed by atoms with Crippen LogP contribution in [0.1, 0.15) is 11.3 Å². The summed E-state index contributed by atoms with van der Waals surface area (Å²) in [4.78, 5) is 16.7. The number of aromatic nitrogens is 1. The number of non-ortho nitro benzene ring substituents is 1. The zero-order chi connectivity index (χ0) is 14.5. The molecule has 1 heterocycles. The maximum absolute atomic E-state index is 10.8. The monoisotopic (exact) mass is 293 g/mol. The van der Waals surface area contributed by atoms with Crippen LogP contribution in [0.15, 0.2) is 29.1 Å². The largest absolute Gasteiger partial charge is 0.324 e. The molecule has 7 nitrogen and oxygen atoms in total. The Morgan fingerprint density at radius 1 is 1.50 bits per heavy atom. The Morgan fingerprint density at radius 2 is 2.30 bits per heavy atom. The van der Waals surface area contributed by atoms with Crippen LogP contribution >= 0.6 is 11.3 Å². The number of hydrogen-bond acceptors (Lipinski definition) is 7. The van der Waals surface area contributed by atoms with Gasteiger partial charge in [-0.1, -0.05) is 0 Å². The first kappa shape index (κ1) is 14.4. The number of benzene rings is 1. The maximum Gasteiger partial charge on any atom is 0.269 e. The zero-order valence-corrected chi connectivity index (χ0v) is 11.8. The number of hydrogen-bond donors (Lipinski definition) is 2. The van der Waals surface area contributed by atoms with Crippen molar-refractivity contribution in [2.75, 3.05) is 12.5 Å². The van der Waals surface area contributed by atoms with E-state index in [2.05, 4.69) is 10.4 Å². The molecule has 2 aromatic rings. The van der Waals surface area contributed by atoms with Crippen molar-refractivity contribution in [3.05, 3.63) is 50.5 Å². The van der Waals surface area contributed by atoms with E-state index < -0.39 is 4.92 Å². The molecule has 0 aliphatic heterocycles. The van der Waals surface area contributed by atoms with Crippen LogP contribution in [0.2, 0.25) is 0 Å². The van der Waals surface area contributed by atoms with Crippen LogP contribution < -0.4 is 11.3 Å². The molecule has 20 heavy (non-hydrogen) atoms. The van der Waals surface area contributed by atoms with Gasteiger partial charge in [-0.05, 0) is 18.7 Å². The maximum atomic E-state index is 10.8. The highest BCUT2D eigenvalue weighted by Gasteiger charge is 2.12. The van der Waals surface area contributed by atoms with Gasteiger partial charge in [0.25, 0.3) is 5.69 Å². The van der Waals surface area contributed by atoms with Gasteiger partial charge in [0.15, 0.2) is 0 Å². The summed E-state index contributed by atoms with van der Waals surface area (Å²) in [5.41, 5.74) is 6.84. The van der Waals surface area contributed by atoms with E-state index in [1.807, 2.05) is 17.3 Å². The molecule has 0 fully saturated rings. The smallest absolute Gasteiger partial charge is 0.269 e. The van der Waals surface area contributed by atoms with Crippen molar-refractivity contribution in [1.82, 2.24) is 9.88 Å². The fraction of sp³-hybridized carbons (Fsp3) is 0.250. The molecule has 3 N–H and O–H groups in total. The second-order valence-electron chi connectivity index (χ2n) is 4.39. The van der Waals surface area contributed by atoms with Crippen LogP contribution in [0.5, 0.6) is 0 Å². The number of thiazole rings is 1. The molecule has 0 radical (unpaired) electrons. The Hall–Kier alpha value is -2.03. The molecule has 0 aliphatic carbocycles. The first-order valence-electron chi connectivity index (χ1n) is 5.89. The van der Waals surface area contributed by atoms with Crippen molar-refractivity contribution in [1.29, 1.82) is 0 Å². The number of rotatable bonds is 6. The summed E-state index contributed by atoms with van der Waals surface area (Å²) < 4.78 is 0. The van der Waals surface area contributed by atoms with E-state index in [4.69, 9.17) is 5.84 Å². The predicted octanol–water partition coefficient (Wildman–Crippen LogP) is 1.97. The van der Waals surface area contributed by atoms with E-state index in [0.29, 0.717) is 18.8 Å². The van der Waals surface area contributed by atoms with Gasteiger partial charge in [0.2, 0.25) is 0 Å². The number of nitrogen functional groups attached to an aromatic ring is 1. The number of anilines is 1. The quantitative estimate of drug-likeness (QED) is 0.480. The van der Waals surface area contributed by atoms with Crippen molar-refractivity contribution in [2.24, 2.45) is 5.84 Å². The molecular formula is C12H15N5O2S. The third kappa shape index (κ3) is 3.50. The Labute approximate surface area is 120 Å². The van der Waals surface area contributed by atoms with Crippen molar-refractivity contribution in [3.63, 3.8) is 0 Å². The van der Waals surface area contributed by atoms with E-state index in [1.165, 1.54) is 12.1 Å². The third-order valence-electron chi connectivity index (χ3n) is 2.81. The average Bonchev–Trinajstić information content (AvgIpc) is 2.91. The minimum Gasteiger partial charge on any atom is -0.324 e. The van der Waals surface area contributed by atoms with Crippen LogP contribution in [0.4, 0.5) is 11.4 Å². The number of nitro benzene ring substituents is 1. The van der Waals surface area contributed by atoms with Crippen LogP contribution in [-0.4, -0.2) is 21.9 Å². The summed E-state index contributed by atoms with van der Waals surface area (Å²) in [6.07, 6.45) is 0. The number of nitro groups is 1. The minimum absolute atomic E-state index is 0.0565. The van der Waals surface area contributed by atoms with Gasteiger partial charge in [-0.3, -0.25) is 20.9 Å². The molecular weight excluding hydrogens is 278 g/mol. The lowest BCUT2D eigenvalue weighted by Crippen LogP contribution is -2.19. The summed E-state index contributed by atoms with van der Waals surface area (Å²) in [5, 5.41) is 12.8. The average molecular weight is 293 g/mol. The Morgan fingerprint density at radius 3 is 2.90 bits per heavy atom. The normalized spacial score (nSPS) is 10.8. The SMILES string of the molecule is CN(Cc1cscn1)Cc1cc([N+](=O)[O-])ccc1NN. The molecule has 0 saturated heterocycles. The molecule has 0 atom stereocenters. The van der Waals surface area contributed by atoms with Crippen LogP contribution in [0.3, 0.4) is 0 Å². The van der Waals surface area contributed by atoms with E-state index in [-0.39, 0.29) is 5.69 Å². The topological polar surface area (TPSA) is 97.3 Å². The van der Waals surface area contributed by atoms with E-state index in [1.54, 1.807) is 22.9 Å². The molecule has 1 aromatic heterocycles. The second-order valence-corrected chi connectivity index (χ2v) is 5.11. The molecule has 0 aliphatic rings. The zero-order valence-electron chi connectivity index (χ0n) is 10.9. The fourth-order valence-electron chi connectivity index (χ4n) is 1.90. The molecule has 0 amide bonds. The standard InChI is InChI=1S/C12H15N5O2S/c1-16(6-10-7-20-8-14-10)5-9-4-11(17(18)19)2-3-12(9)15-13/h2-4,7-8,15H,5-6,13H2,1H3. The number of nitrogens with zero attached hydrogens (tertiary/aromatic N) is 3. The van der Waals surface area contributed by atoms with Crippen LogP contribution in [0, 0.1) is 10.1 Å². The third-order valence-corrected chi connectivity index (χ3v) is 3.45. The highest BCUT2D eigenvalue weighted by atomic mass is 32.1. The van der Waals surface area contributed by atoms with Crippen LogP contribution in [0.25, 0.3) is 0 Å². The fourth-order valence-corrected chi connectivity index (χ4v) is 2.45. The summed E-state index contributed by atoms with van der Waals surface area (Å²) >= 11 is 1.54. The lowest BCUT2D eigenvalue weighted by molar-refractivity contribution is -0.384. The van der Waals surface area contributed by atoms with Crippen molar-refractivity contribution >= 4 is 22.7 Å². The summed E-state index contributed by atoms with van der Waals surface area (Å²) in [6, 6.07) is 4.58. The lowest BCUT2D eigenvalue weighted by atomic mass is 10.1. The molecule has 106 valence electrons. The molecule has 0 unspecified atom stereocenters. The van der Waals surface area contributed by atoms with Gasteiger partial charge in [0.05, 0.1) is 21.8 Å². The molecule has 0 bridgehead atoms. The van der Waals surface area contributed by atoms with Gasteiger partial charge in [0, 0.05) is 30.6 Å². The lowest BCUT2D eigenvalue weighted by Gasteiger charge is -2.17. The number of nitrogens with one attached hydrogen (secondary N) is 1. The van der Waals surface area contributed by atoms with Gasteiger partial charge in [0.1, 0.15) is 0 Å². The molecule has 8 heteroatoms. The summed E-state index contributed by atoms with van der Waals surface area (Å²) in [5.74, 6) is 5.44. The molecule has 0 spiro atoms. The number of nitrogens with two attached hydrogens (primary N) is 1. The first-order chi connectivity index (χ1) is 9.60. The van der Waals surface area contributed by atoms with Gasteiger partial charge in [-0.2, -0.15) is 0 Å². The Balaban J connectivity index is 2.14. The predicted molar refractivity (Wildman–Crippen MR) is 78.2 cm³/mol. The molecule has 0 saturated carbocycles. The van der Waals surface area contributed by atoms with Gasteiger partial charge < -0.3 is 5.43 Å². The van der Waals surface area contributed by atoms with Crippen molar-refractivity contribution in [2.45, 2.75) is 13.1 Å². The van der Waals surface area contributed by atoms with Crippen molar-refractivity contribution < 1.29 is 4.92 Å². The van der Waals surface area contributed by atoms with Gasteiger partial charge >= 0.3 is 0 Å². The number of hydrazine groups is 1. The molecule has 2 rings (SSSR count). The van der Waals surface area contributed by atoms with E-state index in [9.17, 15) is 10.1 Å². The highest BCUT2D eigenvalue weighted by molar-refractivity contribution is 7.07. The van der Waals surface area contributed by atoms with Crippen molar-refractivity contribution in [3.8, 4) is 0 Å². The van der Waals surface area contributed by atoms with E-state index >= 15 is 0 Å². The minimum atomic E-state index is -0.412. The second kappa shape index (κ2) is 6.42. The Bertz CT molecular complexity index is 588. The van der Waals surface area contributed by atoms with Crippen LogP contribution in [-0.2, 0) is 13.1 Å². The summed E-state index contributed by atoms with van der Waals surface area (Å²) in [7, 11) is 1.93. The van der Waals surface area contributed by atoms with Gasteiger partial charge in [-0.25, -0.2) is 4.98 Å². The van der Waals surface area contributed by atoms with E-state index in [0.717, 1.165) is 11.3 Å². The summed E-state index contributed by atoms with van der Waals surface area (Å²) in [6.45, 7) is 1.22. The Kier molecular flexibility index (Phi) is 4.61. The first-order valence-corrected chi connectivity index (χ1v) is 6.84.